The fourth-order valence-electron chi connectivity index (χ4n) is 2.01. The molecule has 1 aromatic heterocycles. The third kappa shape index (κ3) is 2.13. The standard InChI is InChI=1S/C12H14N2O4/c15-9-2-5-13-6-8(9)10(16)14-7-12(11(17)18)3-1-4-12/h2,5-6H,1,3-4,7H2,(H,13,15)(H,14,16)(H,17,18). The van der Waals surface area contributed by atoms with Crippen LogP contribution in [-0.4, -0.2) is 28.5 Å². The summed E-state index contributed by atoms with van der Waals surface area (Å²) in [4.78, 5) is 36.9. The van der Waals surface area contributed by atoms with Crippen molar-refractivity contribution in [1.29, 1.82) is 0 Å². The second kappa shape index (κ2) is 4.64. The molecule has 0 spiro atoms. The lowest BCUT2D eigenvalue weighted by atomic mass is 9.69. The molecule has 1 amide bonds. The van der Waals surface area contributed by atoms with Gasteiger partial charge in [-0.2, -0.15) is 0 Å². The van der Waals surface area contributed by atoms with Crippen LogP contribution >= 0.6 is 0 Å². The summed E-state index contributed by atoms with van der Waals surface area (Å²) in [6.07, 6.45) is 4.73. The molecule has 1 heterocycles. The van der Waals surface area contributed by atoms with Gasteiger partial charge in [-0.15, -0.1) is 0 Å². The van der Waals surface area contributed by atoms with Gasteiger partial charge in [0.05, 0.1) is 5.41 Å². The number of aromatic nitrogens is 1. The number of hydrogen-bond donors (Lipinski definition) is 3. The molecule has 0 unspecified atom stereocenters. The fourth-order valence-corrected chi connectivity index (χ4v) is 2.01. The predicted molar refractivity (Wildman–Crippen MR) is 63.3 cm³/mol. The number of carbonyl (C=O) groups is 2. The van der Waals surface area contributed by atoms with Crippen molar-refractivity contribution in [2.45, 2.75) is 19.3 Å². The zero-order chi connectivity index (χ0) is 13.2. The van der Waals surface area contributed by atoms with E-state index in [4.69, 9.17) is 5.11 Å². The molecule has 0 radical (unpaired) electrons. The molecule has 6 heteroatoms. The first-order valence-electron chi connectivity index (χ1n) is 5.74. The molecule has 1 aromatic rings. The molecule has 0 aromatic carbocycles. The van der Waals surface area contributed by atoms with Crippen LogP contribution in [0.25, 0.3) is 0 Å². The number of pyridine rings is 1. The minimum absolute atomic E-state index is 0.00244. The average molecular weight is 250 g/mol. The number of carbonyl (C=O) groups excluding carboxylic acids is 1. The van der Waals surface area contributed by atoms with E-state index in [0.717, 1.165) is 6.42 Å². The number of amides is 1. The van der Waals surface area contributed by atoms with Gasteiger partial charge in [-0.05, 0) is 12.8 Å². The molecule has 1 aliphatic carbocycles. The second-order valence-corrected chi connectivity index (χ2v) is 4.54. The van der Waals surface area contributed by atoms with Gasteiger partial charge in [-0.25, -0.2) is 0 Å². The summed E-state index contributed by atoms with van der Waals surface area (Å²) in [6.45, 7) is 0.0650. The van der Waals surface area contributed by atoms with Crippen LogP contribution in [0.1, 0.15) is 29.6 Å². The molecule has 2 rings (SSSR count). The molecular formula is C12H14N2O4. The minimum atomic E-state index is -0.893. The Bertz CT molecular complexity index is 531. The Kier molecular flexibility index (Phi) is 3.18. The molecular weight excluding hydrogens is 236 g/mol. The molecule has 3 N–H and O–H groups in total. The molecule has 6 nitrogen and oxygen atoms in total. The summed E-state index contributed by atoms with van der Waals surface area (Å²) in [6, 6.07) is 1.26. The van der Waals surface area contributed by atoms with Crippen LogP contribution in [0.4, 0.5) is 0 Å². The number of aromatic amines is 1. The molecule has 0 atom stereocenters. The fraction of sp³-hybridized carbons (Fsp3) is 0.417. The number of carboxylic acids is 1. The molecule has 1 fully saturated rings. The lowest BCUT2D eigenvalue weighted by Gasteiger charge is -2.37. The molecule has 18 heavy (non-hydrogen) atoms. The zero-order valence-corrected chi connectivity index (χ0v) is 9.73. The van der Waals surface area contributed by atoms with E-state index in [9.17, 15) is 14.4 Å². The van der Waals surface area contributed by atoms with E-state index in [0.29, 0.717) is 12.8 Å². The van der Waals surface area contributed by atoms with E-state index in [-0.39, 0.29) is 17.5 Å². The first-order chi connectivity index (χ1) is 8.55. The van der Waals surface area contributed by atoms with Crippen molar-refractivity contribution >= 4 is 11.9 Å². The maximum atomic E-state index is 11.8. The van der Waals surface area contributed by atoms with Gasteiger partial charge < -0.3 is 15.4 Å². The highest BCUT2D eigenvalue weighted by atomic mass is 16.4. The Labute approximate surface area is 103 Å². The third-order valence-electron chi connectivity index (χ3n) is 3.42. The van der Waals surface area contributed by atoms with Gasteiger partial charge in [0.25, 0.3) is 5.91 Å². The topological polar surface area (TPSA) is 99.3 Å². The van der Waals surface area contributed by atoms with E-state index in [2.05, 4.69) is 10.3 Å². The molecule has 96 valence electrons. The summed E-state index contributed by atoms with van der Waals surface area (Å²) in [5.41, 5.74) is -1.24. The Morgan fingerprint density at radius 1 is 1.44 bits per heavy atom. The molecule has 0 aliphatic heterocycles. The number of nitrogens with one attached hydrogen (secondary N) is 2. The van der Waals surface area contributed by atoms with Crippen LogP contribution in [0, 0.1) is 5.41 Å². The van der Waals surface area contributed by atoms with Crippen molar-refractivity contribution in [3.05, 3.63) is 34.2 Å². The first-order valence-corrected chi connectivity index (χ1v) is 5.74. The number of hydrogen-bond acceptors (Lipinski definition) is 3. The van der Waals surface area contributed by atoms with Crippen LogP contribution in [-0.2, 0) is 4.79 Å². The minimum Gasteiger partial charge on any atom is -0.481 e. The number of aliphatic carboxylic acids is 1. The zero-order valence-electron chi connectivity index (χ0n) is 9.73. The highest BCUT2D eigenvalue weighted by molar-refractivity contribution is 5.94. The lowest BCUT2D eigenvalue weighted by Crippen LogP contribution is -2.48. The van der Waals surface area contributed by atoms with Crippen molar-refractivity contribution in [2.24, 2.45) is 5.41 Å². The number of H-pyrrole nitrogens is 1. The average Bonchev–Trinajstić information content (AvgIpc) is 2.27. The SMILES string of the molecule is O=C(NCC1(C(=O)O)CCC1)c1c[nH]ccc1=O. The van der Waals surface area contributed by atoms with Crippen LogP contribution in [0.3, 0.4) is 0 Å². The Morgan fingerprint density at radius 3 is 2.67 bits per heavy atom. The maximum absolute atomic E-state index is 11.8. The second-order valence-electron chi connectivity index (χ2n) is 4.54. The first kappa shape index (κ1) is 12.3. The number of carboxylic acid groups (broad SMARTS) is 1. The van der Waals surface area contributed by atoms with E-state index in [1.54, 1.807) is 0 Å². The largest absolute Gasteiger partial charge is 0.481 e. The van der Waals surface area contributed by atoms with Gasteiger partial charge in [0.15, 0.2) is 5.43 Å². The lowest BCUT2D eigenvalue weighted by molar-refractivity contribution is -0.153. The highest BCUT2D eigenvalue weighted by Crippen LogP contribution is 2.40. The van der Waals surface area contributed by atoms with Crippen LogP contribution in [0.15, 0.2) is 23.3 Å². The Hall–Kier alpha value is -2.11. The summed E-state index contributed by atoms with van der Waals surface area (Å²) < 4.78 is 0. The van der Waals surface area contributed by atoms with Gasteiger partial charge in [-0.1, -0.05) is 6.42 Å². The van der Waals surface area contributed by atoms with Crippen LogP contribution in [0.2, 0.25) is 0 Å². The van der Waals surface area contributed by atoms with Crippen LogP contribution in [0.5, 0.6) is 0 Å². The summed E-state index contributed by atoms with van der Waals surface area (Å²) in [5, 5.41) is 11.6. The van der Waals surface area contributed by atoms with E-state index >= 15 is 0 Å². The maximum Gasteiger partial charge on any atom is 0.311 e. The van der Waals surface area contributed by atoms with Crippen molar-refractivity contribution in [3.63, 3.8) is 0 Å². The normalized spacial score (nSPS) is 16.7. The van der Waals surface area contributed by atoms with Crippen molar-refractivity contribution in [1.82, 2.24) is 10.3 Å². The molecule has 1 saturated carbocycles. The van der Waals surface area contributed by atoms with Gasteiger partial charge in [0.2, 0.25) is 0 Å². The Morgan fingerprint density at radius 2 is 2.17 bits per heavy atom. The monoisotopic (exact) mass is 250 g/mol. The van der Waals surface area contributed by atoms with Crippen LogP contribution < -0.4 is 10.7 Å². The van der Waals surface area contributed by atoms with Crippen molar-refractivity contribution in [3.8, 4) is 0 Å². The molecule has 0 bridgehead atoms. The van der Waals surface area contributed by atoms with E-state index in [1.165, 1.54) is 18.5 Å². The summed E-state index contributed by atoms with van der Waals surface area (Å²) in [7, 11) is 0. The van der Waals surface area contributed by atoms with Crippen molar-refractivity contribution in [2.75, 3.05) is 6.54 Å². The van der Waals surface area contributed by atoms with E-state index in [1.807, 2.05) is 0 Å². The third-order valence-corrected chi connectivity index (χ3v) is 3.42. The number of rotatable bonds is 4. The van der Waals surface area contributed by atoms with Gasteiger partial charge in [0, 0.05) is 25.0 Å². The molecule has 1 aliphatic rings. The smallest absolute Gasteiger partial charge is 0.311 e. The quantitative estimate of drug-likeness (QED) is 0.718. The van der Waals surface area contributed by atoms with Gasteiger partial charge in [-0.3, -0.25) is 14.4 Å². The van der Waals surface area contributed by atoms with E-state index < -0.39 is 17.3 Å². The highest BCUT2D eigenvalue weighted by Gasteiger charge is 2.44. The molecule has 0 saturated heterocycles. The van der Waals surface area contributed by atoms with Crippen molar-refractivity contribution < 1.29 is 14.7 Å². The summed E-state index contributed by atoms with van der Waals surface area (Å²) in [5.74, 6) is -1.43. The Balaban J connectivity index is 2.03. The summed E-state index contributed by atoms with van der Waals surface area (Å²) >= 11 is 0. The van der Waals surface area contributed by atoms with Gasteiger partial charge in [0.1, 0.15) is 5.56 Å². The predicted octanol–water partition coefficient (Wildman–Crippen LogP) is 0.360. The van der Waals surface area contributed by atoms with Gasteiger partial charge >= 0.3 is 5.97 Å².